The molecule has 3 amide bonds. The number of carbonyl (C=O) groups is 3. The lowest BCUT2D eigenvalue weighted by molar-refractivity contribution is -0.136. The summed E-state index contributed by atoms with van der Waals surface area (Å²) in [6.07, 6.45) is 0.625. The highest BCUT2D eigenvalue weighted by atomic mass is 16.5. The molecule has 1 fully saturated rings. The number of nitrogens with one attached hydrogen (secondary N) is 1. The fourth-order valence-electron chi connectivity index (χ4n) is 2.75. The van der Waals surface area contributed by atoms with Gasteiger partial charge in [-0.3, -0.25) is 19.7 Å². The second kappa shape index (κ2) is 4.63. The second-order valence-electron chi connectivity index (χ2n) is 4.89. The van der Waals surface area contributed by atoms with Crippen LogP contribution in [0.15, 0.2) is 18.2 Å². The monoisotopic (exact) mass is 274 g/mol. The van der Waals surface area contributed by atoms with Crippen LogP contribution >= 0.6 is 0 Å². The lowest BCUT2D eigenvalue weighted by atomic mass is 10.0. The summed E-state index contributed by atoms with van der Waals surface area (Å²) < 4.78 is 5.25. The average Bonchev–Trinajstić information content (AvgIpc) is 2.76. The van der Waals surface area contributed by atoms with E-state index in [9.17, 15) is 14.4 Å². The van der Waals surface area contributed by atoms with Crippen molar-refractivity contribution in [2.24, 2.45) is 0 Å². The average molecular weight is 274 g/mol. The molecule has 3 rings (SSSR count). The number of carbonyl (C=O) groups excluding carboxylic acids is 3. The lowest BCUT2D eigenvalue weighted by Crippen LogP contribution is -2.52. The van der Waals surface area contributed by atoms with Crippen LogP contribution in [0.3, 0.4) is 0 Å². The normalized spacial score (nSPS) is 21.8. The Labute approximate surface area is 115 Å². The number of nitrogens with zero attached hydrogens (tertiary/aromatic N) is 1. The van der Waals surface area contributed by atoms with E-state index in [2.05, 4.69) is 5.32 Å². The van der Waals surface area contributed by atoms with Crippen LogP contribution in [0.2, 0.25) is 0 Å². The van der Waals surface area contributed by atoms with E-state index in [4.69, 9.17) is 4.74 Å². The van der Waals surface area contributed by atoms with E-state index in [1.165, 1.54) is 4.90 Å². The summed E-state index contributed by atoms with van der Waals surface area (Å²) in [7, 11) is 1.55. The minimum absolute atomic E-state index is 0.187. The van der Waals surface area contributed by atoms with E-state index >= 15 is 0 Å². The van der Waals surface area contributed by atoms with Crippen molar-refractivity contribution in [3.63, 3.8) is 0 Å². The molecule has 6 heteroatoms. The number of imide groups is 1. The SMILES string of the molecule is COc1cccc2c1CN(C1CCC(=O)NC1=O)C2=O. The van der Waals surface area contributed by atoms with Crippen molar-refractivity contribution < 1.29 is 19.1 Å². The van der Waals surface area contributed by atoms with Crippen molar-refractivity contribution in [1.29, 1.82) is 0 Å². The highest BCUT2D eigenvalue weighted by Crippen LogP contribution is 2.33. The summed E-state index contributed by atoms with van der Waals surface area (Å²) in [4.78, 5) is 37.0. The maximum atomic E-state index is 12.4. The van der Waals surface area contributed by atoms with Crippen LogP contribution in [0, 0.1) is 0 Å². The molecule has 2 heterocycles. The van der Waals surface area contributed by atoms with E-state index in [1.807, 2.05) is 0 Å². The van der Waals surface area contributed by atoms with Crippen LogP contribution < -0.4 is 10.1 Å². The Hall–Kier alpha value is -2.37. The number of benzene rings is 1. The molecule has 1 aromatic carbocycles. The molecule has 2 aliphatic heterocycles. The van der Waals surface area contributed by atoms with Gasteiger partial charge < -0.3 is 9.64 Å². The van der Waals surface area contributed by atoms with Crippen LogP contribution in [0.5, 0.6) is 5.75 Å². The van der Waals surface area contributed by atoms with Crippen LogP contribution in [0.4, 0.5) is 0 Å². The van der Waals surface area contributed by atoms with Crippen molar-refractivity contribution in [3.05, 3.63) is 29.3 Å². The largest absolute Gasteiger partial charge is 0.496 e. The van der Waals surface area contributed by atoms with Crippen LogP contribution in [0.25, 0.3) is 0 Å². The van der Waals surface area contributed by atoms with Crippen molar-refractivity contribution in [2.45, 2.75) is 25.4 Å². The number of amides is 3. The molecule has 1 aromatic rings. The highest BCUT2D eigenvalue weighted by Gasteiger charge is 2.39. The first-order valence-electron chi connectivity index (χ1n) is 6.42. The van der Waals surface area contributed by atoms with Gasteiger partial charge in [-0.15, -0.1) is 0 Å². The minimum Gasteiger partial charge on any atom is -0.496 e. The van der Waals surface area contributed by atoms with Crippen molar-refractivity contribution in [1.82, 2.24) is 10.2 Å². The summed E-state index contributed by atoms with van der Waals surface area (Å²) in [5, 5.41) is 2.28. The minimum atomic E-state index is -0.586. The first kappa shape index (κ1) is 12.7. The topological polar surface area (TPSA) is 75.7 Å². The fourth-order valence-corrected chi connectivity index (χ4v) is 2.75. The van der Waals surface area contributed by atoms with Gasteiger partial charge in [-0.2, -0.15) is 0 Å². The quantitative estimate of drug-likeness (QED) is 0.795. The Bertz CT molecular complexity index is 611. The summed E-state index contributed by atoms with van der Waals surface area (Å²) in [6, 6.07) is 4.69. The van der Waals surface area contributed by atoms with Crippen molar-refractivity contribution >= 4 is 17.7 Å². The zero-order chi connectivity index (χ0) is 14.3. The summed E-state index contributed by atoms with van der Waals surface area (Å²) >= 11 is 0. The Morgan fingerprint density at radius 2 is 2.10 bits per heavy atom. The Kier molecular flexibility index (Phi) is 2.93. The van der Waals surface area contributed by atoms with Gasteiger partial charge in [-0.25, -0.2) is 0 Å². The third-order valence-corrected chi connectivity index (χ3v) is 3.76. The molecule has 0 spiro atoms. The van der Waals surface area contributed by atoms with E-state index in [0.717, 1.165) is 5.56 Å². The number of hydrogen-bond donors (Lipinski definition) is 1. The van der Waals surface area contributed by atoms with E-state index in [1.54, 1.807) is 25.3 Å². The molecule has 104 valence electrons. The molecule has 0 aliphatic carbocycles. The maximum Gasteiger partial charge on any atom is 0.255 e. The zero-order valence-corrected chi connectivity index (χ0v) is 11.0. The van der Waals surface area contributed by atoms with Crippen LogP contribution in [-0.2, 0) is 16.1 Å². The molecule has 1 unspecified atom stereocenters. The highest BCUT2D eigenvalue weighted by molar-refractivity contribution is 6.05. The van der Waals surface area contributed by atoms with Gasteiger partial charge in [-0.1, -0.05) is 6.07 Å². The molecular formula is C14H14N2O4. The Morgan fingerprint density at radius 3 is 2.80 bits per heavy atom. The fraction of sp³-hybridized carbons (Fsp3) is 0.357. The first-order valence-corrected chi connectivity index (χ1v) is 6.42. The third-order valence-electron chi connectivity index (χ3n) is 3.76. The number of ether oxygens (including phenoxy) is 1. The molecular weight excluding hydrogens is 260 g/mol. The first-order chi connectivity index (χ1) is 9.61. The smallest absolute Gasteiger partial charge is 0.255 e. The summed E-state index contributed by atoms with van der Waals surface area (Å²) in [5.41, 5.74) is 1.36. The molecule has 1 atom stereocenters. The van der Waals surface area contributed by atoms with Crippen LogP contribution in [-0.4, -0.2) is 35.8 Å². The lowest BCUT2D eigenvalue weighted by Gasteiger charge is -2.29. The van der Waals surface area contributed by atoms with E-state index in [-0.39, 0.29) is 18.2 Å². The predicted molar refractivity (Wildman–Crippen MR) is 69.0 cm³/mol. The predicted octanol–water partition coefficient (Wildman–Crippen LogP) is 0.456. The summed E-state index contributed by atoms with van der Waals surface area (Å²) in [6.45, 7) is 0.338. The van der Waals surface area contributed by atoms with E-state index in [0.29, 0.717) is 24.3 Å². The Balaban J connectivity index is 1.90. The number of piperidine rings is 1. The molecule has 6 nitrogen and oxygen atoms in total. The van der Waals surface area contributed by atoms with Crippen molar-refractivity contribution in [2.75, 3.05) is 7.11 Å². The van der Waals surface area contributed by atoms with Gasteiger partial charge in [0.2, 0.25) is 11.8 Å². The van der Waals surface area contributed by atoms with Gasteiger partial charge in [0, 0.05) is 17.5 Å². The zero-order valence-electron chi connectivity index (χ0n) is 11.0. The number of fused-ring (bicyclic) bond motifs is 1. The molecule has 1 N–H and O–H groups in total. The molecule has 0 saturated carbocycles. The van der Waals surface area contributed by atoms with Gasteiger partial charge in [0.1, 0.15) is 11.8 Å². The van der Waals surface area contributed by atoms with Gasteiger partial charge >= 0.3 is 0 Å². The van der Waals surface area contributed by atoms with Crippen molar-refractivity contribution in [3.8, 4) is 5.75 Å². The second-order valence-corrected chi connectivity index (χ2v) is 4.89. The maximum absolute atomic E-state index is 12.4. The van der Waals surface area contributed by atoms with E-state index < -0.39 is 11.9 Å². The molecule has 0 bridgehead atoms. The molecule has 20 heavy (non-hydrogen) atoms. The number of rotatable bonds is 2. The van der Waals surface area contributed by atoms with Gasteiger partial charge in [0.15, 0.2) is 0 Å². The molecule has 1 saturated heterocycles. The summed E-state index contributed by atoms with van der Waals surface area (Å²) in [5.74, 6) is -0.228. The molecule has 0 aromatic heterocycles. The Morgan fingerprint density at radius 1 is 1.30 bits per heavy atom. The standard InChI is InChI=1S/C14H14N2O4/c1-20-11-4-2-3-8-9(11)7-16(14(8)19)10-5-6-12(17)15-13(10)18/h2-4,10H,5-7H2,1H3,(H,15,17,18). The van der Waals surface area contributed by atoms with Gasteiger partial charge in [0.05, 0.1) is 13.7 Å². The van der Waals surface area contributed by atoms with Gasteiger partial charge in [-0.05, 0) is 18.6 Å². The number of methoxy groups -OCH3 is 1. The van der Waals surface area contributed by atoms with Gasteiger partial charge in [0.25, 0.3) is 5.91 Å². The van der Waals surface area contributed by atoms with Crippen LogP contribution in [0.1, 0.15) is 28.8 Å². The third kappa shape index (κ3) is 1.84. The molecule has 0 radical (unpaired) electrons. The number of hydrogen-bond acceptors (Lipinski definition) is 4. The molecule has 2 aliphatic rings.